The lowest BCUT2D eigenvalue weighted by atomic mass is 9.63. The van der Waals surface area contributed by atoms with E-state index in [0.29, 0.717) is 23.2 Å². The molecule has 2 fully saturated rings. The van der Waals surface area contributed by atoms with E-state index >= 15 is 0 Å². The highest BCUT2D eigenvalue weighted by atomic mass is 16.3. The Morgan fingerprint density at radius 2 is 1.84 bits per heavy atom. The zero-order valence-corrected chi connectivity index (χ0v) is 11.9. The Hall–Kier alpha value is -1.06. The molecule has 3 nitrogen and oxygen atoms in total. The molecule has 2 saturated heterocycles. The fourth-order valence-corrected chi connectivity index (χ4v) is 3.82. The van der Waals surface area contributed by atoms with Crippen LogP contribution in [0.2, 0.25) is 0 Å². The number of nitrogens with one attached hydrogen (secondary N) is 1. The van der Waals surface area contributed by atoms with Crippen molar-refractivity contribution in [3.63, 3.8) is 0 Å². The predicted molar refractivity (Wildman–Crippen MR) is 77.2 cm³/mol. The lowest BCUT2D eigenvalue weighted by Gasteiger charge is -2.61. The first-order valence-electron chi connectivity index (χ1n) is 7.38. The molecule has 0 aromatic heterocycles. The fourth-order valence-electron chi connectivity index (χ4n) is 3.82. The number of phenols is 1. The Labute approximate surface area is 115 Å². The highest BCUT2D eigenvalue weighted by Crippen LogP contribution is 2.54. The molecule has 1 unspecified atom stereocenters. The molecule has 3 heteroatoms. The highest BCUT2D eigenvalue weighted by Gasteiger charge is 2.53. The fraction of sp³-hybridized carbons (Fsp3) is 0.625. The molecule has 3 rings (SSSR count). The van der Waals surface area contributed by atoms with E-state index in [1.54, 1.807) is 0 Å². The molecule has 0 bridgehead atoms. The van der Waals surface area contributed by atoms with Gasteiger partial charge >= 0.3 is 0 Å². The van der Waals surface area contributed by atoms with Gasteiger partial charge in [0.05, 0.1) is 0 Å². The zero-order chi connectivity index (χ0) is 13.5. The molecule has 0 amide bonds. The van der Waals surface area contributed by atoms with Gasteiger partial charge in [-0.25, -0.2) is 0 Å². The van der Waals surface area contributed by atoms with Crippen molar-refractivity contribution in [2.24, 2.45) is 5.41 Å². The van der Waals surface area contributed by atoms with Gasteiger partial charge in [0.25, 0.3) is 0 Å². The summed E-state index contributed by atoms with van der Waals surface area (Å²) in [5.41, 5.74) is 1.81. The molecule has 2 heterocycles. The maximum atomic E-state index is 9.48. The highest BCUT2D eigenvalue weighted by molar-refractivity contribution is 5.32. The monoisotopic (exact) mass is 260 g/mol. The Morgan fingerprint density at radius 1 is 1.21 bits per heavy atom. The number of nitrogens with zero attached hydrogens (tertiary/aromatic N) is 1. The van der Waals surface area contributed by atoms with Gasteiger partial charge in [-0.3, -0.25) is 4.90 Å². The van der Waals surface area contributed by atoms with Crippen LogP contribution in [0.25, 0.3) is 0 Å². The lowest BCUT2D eigenvalue weighted by molar-refractivity contribution is -0.113. The van der Waals surface area contributed by atoms with E-state index < -0.39 is 0 Å². The maximum absolute atomic E-state index is 9.48. The summed E-state index contributed by atoms with van der Waals surface area (Å²) in [5.74, 6) is 0.360. The van der Waals surface area contributed by atoms with Crippen molar-refractivity contribution in [2.75, 3.05) is 19.6 Å². The number of piperidine rings is 1. The number of benzene rings is 1. The topological polar surface area (TPSA) is 35.5 Å². The van der Waals surface area contributed by atoms with Crippen LogP contribution in [0.3, 0.4) is 0 Å². The molecule has 2 aliphatic rings. The number of rotatable bonds is 2. The molecule has 0 radical (unpaired) electrons. The third-order valence-corrected chi connectivity index (χ3v) is 4.88. The SMILES string of the molecule is CC(C)N1CC2(CCNCC2)C1c1ccc(O)cc1. The quantitative estimate of drug-likeness (QED) is 0.857. The first kappa shape index (κ1) is 12.9. The minimum absolute atomic E-state index is 0.360. The van der Waals surface area contributed by atoms with Crippen molar-refractivity contribution in [3.8, 4) is 5.75 Å². The molecule has 0 aliphatic carbocycles. The molecular formula is C16H24N2O. The van der Waals surface area contributed by atoms with Gasteiger partial charge in [-0.1, -0.05) is 12.1 Å². The Balaban J connectivity index is 1.90. The van der Waals surface area contributed by atoms with Gasteiger partial charge in [-0.15, -0.1) is 0 Å². The van der Waals surface area contributed by atoms with Gasteiger partial charge in [0.1, 0.15) is 5.75 Å². The van der Waals surface area contributed by atoms with Gasteiger partial charge < -0.3 is 10.4 Å². The van der Waals surface area contributed by atoms with Crippen LogP contribution in [0.1, 0.15) is 38.3 Å². The second kappa shape index (κ2) is 4.80. The van der Waals surface area contributed by atoms with Crippen LogP contribution in [0.15, 0.2) is 24.3 Å². The van der Waals surface area contributed by atoms with Crippen LogP contribution in [0.5, 0.6) is 5.75 Å². The van der Waals surface area contributed by atoms with Crippen LogP contribution >= 0.6 is 0 Å². The number of phenolic OH excluding ortho intramolecular Hbond substituents is 1. The van der Waals surface area contributed by atoms with Crippen molar-refractivity contribution in [3.05, 3.63) is 29.8 Å². The number of hydrogen-bond acceptors (Lipinski definition) is 3. The molecule has 19 heavy (non-hydrogen) atoms. The summed E-state index contributed by atoms with van der Waals surface area (Å²) < 4.78 is 0. The van der Waals surface area contributed by atoms with E-state index in [-0.39, 0.29) is 0 Å². The number of aromatic hydroxyl groups is 1. The maximum Gasteiger partial charge on any atom is 0.115 e. The van der Waals surface area contributed by atoms with Crippen molar-refractivity contribution in [1.82, 2.24) is 10.2 Å². The first-order valence-corrected chi connectivity index (χ1v) is 7.38. The summed E-state index contributed by atoms with van der Waals surface area (Å²) in [6, 6.07) is 8.94. The second-order valence-corrected chi connectivity index (χ2v) is 6.37. The average molecular weight is 260 g/mol. The Bertz CT molecular complexity index is 435. The minimum atomic E-state index is 0.360. The van der Waals surface area contributed by atoms with Crippen LogP contribution in [0, 0.1) is 5.41 Å². The molecule has 1 aromatic rings. The molecule has 2 aliphatic heterocycles. The molecule has 2 N–H and O–H groups in total. The van der Waals surface area contributed by atoms with E-state index in [1.807, 2.05) is 12.1 Å². The molecule has 1 aromatic carbocycles. The van der Waals surface area contributed by atoms with E-state index in [2.05, 4.69) is 36.2 Å². The van der Waals surface area contributed by atoms with Gasteiger partial charge in [0.15, 0.2) is 0 Å². The molecular weight excluding hydrogens is 236 g/mol. The summed E-state index contributed by atoms with van der Waals surface area (Å²) in [4.78, 5) is 2.59. The van der Waals surface area contributed by atoms with Crippen LogP contribution in [-0.4, -0.2) is 35.7 Å². The standard InChI is InChI=1S/C16H24N2O/c1-12(2)18-11-16(7-9-17-10-8-16)15(18)13-3-5-14(19)6-4-13/h3-6,12,15,17,19H,7-11H2,1-2H3. The minimum Gasteiger partial charge on any atom is -0.508 e. The molecule has 1 spiro atoms. The van der Waals surface area contributed by atoms with Gasteiger partial charge in [-0.2, -0.15) is 0 Å². The predicted octanol–water partition coefficient (Wildman–Crippen LogP) is 2.53. The Morgan fingerprint density at radius 3 is 2.42 bits per heavy atom. The smallest absolute Gasteiger partial charge is 0.115 e. The van der Waals surface area contributed by atoms with Crippen molar-refractivity contribution in [1.29, 1.82) is 0 Å². The number of likely N-dealkylation sites (tertiary alicyclic amines) is 1. The third kappa shape index (κ3) is 2.15. The number of hydrogen-bond donors (Lipinski definition) is 2. The summed E-state index contributed by atoms with van der Waals surface area (Å²) in [5, 5.41) is 13.0. The summed E-state index contributed by atoms with van der Waals surface area (Å²) in [7, 11) is 0. The Kier molecular flexibility index (Phi) is 3.27. The molecule has 0 saturated carbocycles. The van der Waals surface area contributed by atoms with Gasteiger partial charge in [0, 0.05) is 24.0 Å². The summed E-state index contributed by atoms with van der Waals surface area (Å²) >= 11 is 0. The summed E-state index contributed by atoms with van der Waals surface area (Å²) in [6.07, 6.45) is 2.53. The van der Waals surface area contributed by atoms with Gasteiger partial charge in [-0.05, 0) is 57.5 Å². The van der Waals surface area contributed by atoms with Crippen molar-refractivity contribution >= 4 is 0 Å². The lowest BCUT2D eigenvalue weighted by Crippen LogP contribution is -2.63. The van der Waals surface area contributed by atoms with Crippen LogP contribution in [-0.2, 0) is 0 Å². The zero-order valence-electron chi connectivity index (χ0n) is 11.9. The molecule has 104 valence electrons. The largest absolute Gasteiger partial charge is 0.508 e. The van der Waals surface area contributed by atoms with Crippen molar-refractivity contribution < 1.29 is 5.11 Å². The van der Waals surface area contributed by atoms with E-state index in [1.165, 1.54) is 24.9 Å². The van der Waals surface area contributed by atoms with Crippen LogP contribution in [0.4, 0.5) is 0 Å². The van der Waals surface area contributed by atoms with E-state index in [4.69, 9.17) is 0 Å². The van der Waals surface area contributed by atoms with E-state index in [0.717, 1.165) is 13.1 Å². The second-order valence-electron chi connectivity index (χ2n) is 6.37. The molecule has 1 atom stereocenters. The van der Waals surface area contributed by atoms with Crippen LogP contribution < -0.4 is 5.32 Å². The summed E-state index contributed by atoms with van der Waals surface area (Å²) in [6.45, 7) is 8.06. The van der Waals surface area contributed by atoms with Crippen molar-refractivity contribution in [2.45, 2.75) is 38.8 Å². The third-order valence-electron chi connectivity index (χ3n) is 4.88. The van der Waals surface area contributed by atoms with Gasteiger partial charge in [0.2, 0.25) is 0 Å². The average Bonchev–Trinajstić information content (AvgIpc) is 2.40. The normalized spacial score (nSPS) is 26.6. The van der Waals surface area contributed by atoms with E-state index in [9.17, 15) is 5.11 Å². The first-order chi connectivity index (χ1) is 9.12.